The lowest BCUT2D eigenvalue weighted by Gasteiger charge is -2.60. The van der Waals surface area contributed by atoms with E-state index in [0.29, 0.717) is 31.7 Å². The molecule has 2 aliphatic heterocycles. The Morgan fingerprint density at radius 3 is 2.37 bits per heavy atom. The Kier molecular flexibility index (Phi) is 4.06. The highest BCUT2D eigenvalue weighted by Gasteiger charge is 2.54. The van der Waals surface area contributed by atoms with E-state index in [1.54, 1.807) is 35.2 Å². The number of hydrogen-bond acceptors (Lipinski definition) is 5. The zero-order valence-corrected chi connectivity index (χ0v) is 14.3. The lowest BCUT2D eigenvalue weighted by atomic mass is 9.72. The van der Waals surface area contributed by atoms with E-state index < -0.39 is 17.6 Å². The zero-order valence-electron chi connectivity index (χ0n) is 14.3. The summed E-state index contributed by atoms with van der Waals surface area (Å²) in [6.07, 6.45) is -2.66. The number of halogens is 3. The summed E-state index contributed by atoms with van der Waals surface area (Å²) in [7, 11) is 0. The lowest BCUT2D eigenvalue weighted by molar-refractivity contribution is -0.383. The average Bonchev–Trinajstić information content (AvgIpc) is 2.55. The van der Waals surface area contributed by atoms with Crippen LogP contribution in [0.5, 0.6) is 0 Å². The highest BCUT2D eigenvalue weighted by Crippen LogP contribution is 2.46. The standard InChI is InChI=1S/C18H17F3N4O2/c19-18(20,21)12-23-8-17(9-23)10-24(11-17)16-15(25(26)27)14(6-7-22-16)13-4-2-1-3-5-13/h1-7H,8-12H2. The van der Waals surface area contributed by atoms with E-state index in [0.717, 1.165) is 5.56 Å². The molecule has 1 aromatic carbocycles. The van der Waals surface area contributed by atoms with Crippen molar-refractivity contribution in [1.82, 2.24) is 9.88 Å². The highest BCUT2D eigenvalue weighted by molar-refractivity contribution is 5.80. The van der Waals surface area contributed by atoms with E-state index >= 15 is 0 Å². The number of anilines is 1. The summed E-state index contributed by atoms with van der Waals surface area (Å²) >= 11 is 0. The van der Waals surface area contributed by atoms with E-state index in [1.807, 2.05) is 6.07 Å². The topological polar surface area (TPSA) is 62.5 Å². The van der Waals surface area contributed by atoms with Gasteiger partial charge in [-0.05, 0) is 11.6 Å². The van der Waals surface area contributed by atoms with Gasteiger partial charge in [-0.15, -0.1) is 0 Å². The minimum Gasteiger partial charge on any atom is -0.349 e. The van der Waals surface area contributed by atoms with E-state index in [1.165, 1.54) is 11.1 Å². The van der Waals surface area contributed by atoms with E-state index in [9.17, 15) is 23.3 Å². The van der Waals surface area contributed by atoms with Crippen LogP contribution in [0.1, 0.15) is 0 Å². The van der Waals surface area contributed by atoms with Crippen molar-refractivity contribution in [3.63, 3.8) is 0 Å². The molecular weight excluding hydrogens is 361 g/mol. The van der Waals surface area contributed by atoms with Crippen molar-refractivity contribution in [3.8, 4) is 11.1 Å². The first-order valence-corrected chi connectivity index (χ1v) is 8.49. The third-order valence-corrected chi connectivity index (χ3v) is 5.05. The first-order chi connectivity index (χ1) is 12.8. The Labute approximate surface area is 153 Å². The Morgan fingerprint density at radius 1 is 1.11 bits per heavy atom. The maximum atomic E-state index is 12.5. The van der Waals surface area contributed by atoms with Crippen LogP contribution in [0.4, 0.5) is 24.7 Å². The average molecular weight is 378 g/mol. The molecule has 0 aliphatic carbocycles. The molecule has 0 bridgehead atoms. The second-order valence-corrected chi connectivity index (χ2v) is 7.27. The molecule has 1 spiro atoms. The third kappa shape index (κ3) is 3.34. The summed E-state index contributed by atoms with van der Waals surface area (Å²) in [5.41, 5.74) is 0.927. The van der Waals surface area contributed by atoms with Crippen molar-refractivity contribution in [3.05, 3.63) is 52.7 Å². The van der Waals surface area contributed by atoms with Crippen molar-refractivity contribution in [2.24, 2.45) is 5.41 Å². The van der Waals surface area contributed by atoms with Gasteiger partial charge < -0.3 is 4.90 Å². The number of alkyl halides is 3. The van der Waals surface area contributed by atoms with Crippen LogP contribution in [-0.2, 0) is 0 Å². The van der Waals surface area contributed by atoms with Crippen LogP contribution < -0.4 is 4.90 Å². The van der Waals surface area contributed by atoms with Gasteiger partial charge >= 0.3 is 11.9 Å². The Morgan fingerprint density at radius 2 is 1.78 bits per heavy atom. The number of pyridine rings is 1. The maximum Gasteiger partial charge on any atom is 0.401 e. The normalized spacial score (nSPS) is 18.9. The molecule has 6 nitrogen and oxygen atoms in total. The van der Waals surface area contributed by atoms with Crippen LogP contribution >= 0.6 is 0 Å². The fraction of sp³-hybridized carbons (Fsp3) is 0.389. The number of hydrogen-bond donors (Lipinski definition) is 0. The molecule has 4 rings (SSSR count). The highest BCUT2D eigenvalue weighted by atomic mass is 19.4. The van der Waals surface area contributed by atoms with Crippen molar-refractivity contribution in [1.29, 1.82) is 0 Å². The van der Waals surface area contributed by atoms with Gasteiger partial charge in [-0.3, -0.25) is 15.0 Å². The molecule has 0 N–H and O–H groups in total. The number of aromatic nitrogens is 1. The summed E-state index contributed by atoms with van der Waals surface area (Å²) in [6, 6.07) is 10.7. The maximum absolute atomic E-state index is 12.5. The minimum atomic E-state index is -4.20. The quantitative estimate of drug-likeness (QED) is 0.603. The fourth-order valence-corrected chi connectivity index (χ4v) is 4.09. The van der Waals surface area contributed by atoms with Gasteiger partial charge in [0.25, 0.3) is 0 Å². The van der Waals surface area contributed by atoms with Crippen molar-refractivity contribution < 1.29 is 18.1 Å². The second kappa shape index (κ2) is 6.19. The Balaban J connectivity index is 1.52. The lowest BCUT2D eigenvalue weighted by Crippen LogP contribution is -2.73. The molecule has 0 saturated carbocycles. The monoisotopic (exact) mass is 378 g/mol. The summed E-state index contributed by atoms with van der Waals surface area (Å²) in [5.74, 6) is 0.279. The molecule has 2 aromatic rings. The molecule has 3 heterocycles. The molecule has 9 heteroatoms. The van der Waals surface area contributed by atoms with Gasteiger partial charge in [0.2, 0.25) is 5.82 Å². The van der Waals surface area contributed by atoms with Crippen molar-refractivity contribution in [2.45, 2.75) is 6.18 Å². The number of nitrogens with zero attached hydrogens (tertiary/aromatic N) is 4. The summed E-state index contributed by atoms with van der Waals surface area (Å²) in [6.45, 7) is 0.766. The van der Waals surface area contributed by atoms with Crippen LogP contribution in [0, 0.1) is 15.5 Å². The van der Waals surface area contributed by atoms with Gasteiger partial charge in [-0.25, -0.2) is 4.98 Å². The van der Waals surface area contributed by atoms with Gasteiger partial charge in [0, 0.05) is 37.8 Å². The van der Waals surface area contributed by atoms with E-state index in [2.05, 4.69) is 4.98 Å². The van der Waals surface area contributed by atoms with Gasteiger partial charge in [-0.1, -0.05) is 30.3 Å². The molecule has 27 heavy (non-hydrogen) atoms. The summed E-state index contributed by atoms with van der Waals surface area (Å²) < 4.78 is 37.4. The number of benzene rings is 1. The molecule has 142 valence electrons. The van der Waals surface area contributed by atoms with Crippen molar-refractivity contribution >= 4 is 11.5 Å². The molecule has 1 aromatic heterocycles. The second-order valence-electron chi connectivity index (χ2n) is 7.27. The minimum absolute atomic E-state index is 0.0648. The molecule has 0 atom stereocenters. The molecular formula is C18H17F3N4O2. The summed E-state index contributed by atoms with van der Waals surface area (Å²) in [4.78, 5) is 18.6. The fourth-order valence-electron chi connectivity index (χ4n) is 4.09. The van der Waals surface area contributed by atoms with Gasteiger partial charge in [0.05, 0.1) is 17.0 Å². The molecule has 0 radical (unpaired) electrons. The number of likely N-dealkylation sites (tertiary alicyclic amines) is 1. The van der Waals surface area contributed by atoms with Crippen LogP contribution in [0.2, 0.25) is 0 Å². The first-order valence-electron chi connectivity index (χ1n) is 8.49. The molecule has 0 unspecified atom stereocenters. The van der Waals surface area contributed by atoms with E-state index in [-0.39, 0.29) is 16.9 Å². The largest absolute Gasteiger partial charge is 0.401 e. The number of rotatable bonds is 4. The molecule has 2 saturated heterocycles. The Hall–Kier alpha value is -2.68. The zero-order chi connectivity index (χ0) is 19.2. The third-order valence-electron chi connectivity index (χ3n) is 5.05. The van der Waals surface area contributed by atoms with Crippen LogP contribution in [0.25, 0.3) is 11.1 Å². The Bertz CT molecular complexity index is 859. The summed E-state index contributed by atoms with van der Waals surface area (Å²) in [5, 5.41) is 11.7. The number of nitro groups is 1. The molecule has 0 amide bonds. The molecule has 2 fully saturated rings. The van der Waals surface area contributed by atoms with Crippen LogP contribution in [-0.4, -0.2) is 53.7 Å². The van der Waals surface area contributed by atoms with Crippen LogP contribution in [0.3, 0.4) is 0 Å². The van der Waals surface area contributed by atoms with Crippen molar-refractivity contribution in [2.75, 3.05) is 37.6 Å². The smallest absolute Gasteiger partial charge is 0.349 e. The van der Waals surface area contributed by atoms with Gasteiger partial charge in [0.15, 0.2) is 0 Å². The SMILES string of the molecule is O=[N+]([O-])c1c(-c2ccccc2)ccnc1N1CC2(CN(CC(F)(F)F)C2)C1. The molecule has 2 aliphatic rings. The van der Waals surface area contributed by atoms with Gasteiger partial charge in [0.1, 0.15) is 0 Å². The van der Waals surface area contributed by atoms with Gasteiger partial charge in [-0.2, -0.15) is 13.2 Å². The first kappa shape index (κ1) is 17.7. The van der Waals surface area contributed by atoms with E-state index in [4.69, 9.17) is 0 Å². The predicted molar refractivity (Wildman–Crippen MR) is 93.5 cm³/mol. The predicted octanol–water partition coefficient (Wildman–Crippen LogP) is 3.34. The van der Waals surface area contributed by atoms with Crippen LogP contribution in [0.15, 0.2) is 42.6 Å².